The minimum atomic E-state index is -3.76. The van der Waals surface area contributed by atoms with Crippen molar-refractivity contribution >= 4 is 27.7 Å². The van der Waals surface area contributed by atoms with Crippen molar-refractivity contribution in [2.45, 2.75) is 60.7 Å². The second-order valence-corrected chi connectivity index (χ2v) is 12.5. The maximum atomic E-state index is 13.3. The van der Waals surface area contributed by atoms with Crippen molar-refractivity contribution < 1.29 is 17.6 Å². The average molecular weight is 469 g/mol. The first-order valence-electron chi connectivity index (χ1n) is 10.9. The van der Waals surface area contributed by atoms with Crippen LogP contribution in [0.3, 0.4) is 0 Å². The van der Waals surface area contributed by atoms with Crippen molar-refractivity contribution in [3.63, 3.8) is 0 Å². The molecule has 4 N–H and O–H groups in total. The molecule has 1 aliphatic heterocycles. The van der Waals surface area contributed by atoms with Gasteiger partial charge in [0.25, 0.3) is 0 Å². The van der Waals surface area contributed by atoms with Gasteiger partial charge in [-0.3, -0.25) is 4.79 Å². The fourth-order valence-corrected chi connectivity index (χ4v) is 9.11. The number of halogens is 1. The molecule has 2 unspecified atom stereocenters. The molecule has 0 aromatic heterocycles. The molecule has 0 spiro atoms. The molecule has 4 aliphatic carbocycles. The summed E-state index contributed by atoms with van der Waals surface area (Å²) in [4.78, 5) is 14.5. The second-order valence-electron chi connectivity index (χ2n) is 9.87. The molecular formula is C21H29FN4O3S2. The van der Waals surface area contributed by atoms with E-state index in [1.165, 1.54) is 24.3 Å². The lowest BCUT2D eigenvalue weighted by molar-refractivity contribution is -0.132. The lowest BCUT2D eigenvalue weighted by Crippen LogP contribution is -2.69. The lowest BCUT2D eigenvalue weighted by atomic mass is 9.50. The molecule has 0 radical (unpaired) electrons. The van der Waals surface area contributed by atoms with Crippen LogP contribution >= 0.6 is 11.8 Å². The molecule has 1 amide bonds. The van der Waals surface area contributed by atoms with Gasteiger partial charge in [-0.05, 0) is 74.6 Å². The first-order valence-corrected chi connectivity index (χ1v) is 13.5. The number of sulfonamides is 1. The molecule has 1 aromatic carbocycles. The number of rotatable bonds is 6. The third-order valence-electron chi connectivity index (χ3n) is 7.39. The first kappa shape index (κ1) is 21.6. The highest BCUT2D eigenvalue weighted by Gasteiger charge is 2.58. The predicted molar refractivity (Wildman–Crippen MR) is 117 cm³/mol. The Kier molecular flexibility index (Phi) is 5.37. The number of nitrogens with two attached hydrogens (primary N) is 1. The van der Waals surface area contributed by atoms with E-state index >= 15 is 0 Å². The second kappa shape index (κ2) is 7.69. The van der Waals surface area contributed by atoms with Crippen LogP contribution in [-0.2, 0) is 14.8 Å². The summed E-state index contributed by atoms with van der Waals surface area (Å²) in [6.45, 7) is 0.231. The molecule has 10 heteroatoms. The van der Waals surface area contributed by atoms with Crippen LogP contribution in [0.1, 0.15) is 38.5 Å². The quantitative estimate of drug-likeness (QED) is 0.586. The lowest BCUT2D eigenvalue weighted by Gasteiger charge is -2.62. The number of benzene rings is 1. The van der Waals surface area contributed by atoms with Gasteiger partial charge in [0, 0.05) is 16.8 Å². The Labute approximate surface area is 186 Å². The van der Waals surface area contributed by atoms with E-state index in [9.17, 15) is 17.6 Å². The van der Waals surface area contributed by atoms with Crippen LogP contribution in [-0.4, -0.2) is 54.6 Å². The highest BCUT2D eigenvalue weighted by Crippen LogP contribution is 2.57. The molecule has 31 heavy (non-hydrogen) atoms. The standard InChI is InChI=1S/C21H29FN4O3S2/c22-16-1-3-17(4-2-16)31(28,29)25-21-8-14-5-15(9-21)7-20(6-14,12-21)24-10-19(27)26-13-30-11-18(26)23/h1-4,14-15,18,24-25H,5-13,23H2/t14?,15?,18-,20?,21?/m0/s1. The molecular weight excluding hydrogens is 439 g/mol. The molecule has 1 aromatic rings. The van der Waals surface area contributed by atoms with E-state index in [0.29, 0.717) is 24.1 Å². The van der Waals surface area contributed by atoms with Gasteiger partial charge in [-0.15, -0.1) is 11.8 Å². The third-order valence-corrected chi connectivity index (χ3v) is 10.0. The zero-order valence-corrected chi connectivity index (χ0v) is 19.0. The fraction of sp³-hybridized carbons (Fsp3) is 0.667. The Morgan fingerprint density at radius 2 is 1.81 bits per heavy atom. The van der Waals surface area contributed by atoms with Gasteiger partial charge in [0.15, 0.2) is 0 Å². The summed E-state index contributed by atoms with van der Waals surface area (Å²) < 4.78 is 42.4. The maximum Gasteiger partial charge on any atom is 0.241 e. The first-order chi connectivity index (χ1) is 14.7. The van der Waals surface area contributed by atoms with Crippen LogP contribution in [0.4, 0.5) is 4.39 Å². The van der Waals surface area contributed by atoms with Crippen LogP contribution in [0.25, 0.3) is 0 Å². The van der Waals surface area contributed by atoms with E-state index < -0.39 is 21.4 Å². The number of hydrogen-bond acceptors (Lipinski definition) is 6. The number of nitrogens with zero attached hydrogens (tertiary/aromatic N) is 1. The molecule has 4 bridgehead atoms. The summed E-state index contributed by atoms with van der Waals surface area (Å²) in [6, 6.07) is 4.96. The number of carbonyl (C=O) groups is 1. The van der Waals surface area contributed by atoms with Crippen molar-refractivity contribution in [2.24, 2.45) is 17.6 Å². The maximum absolute atomic E-state index is 13.3. The van der Waals surface area contributed by atoms with Crippen LogP contribution in [0.5, 0.6) is 0 Å². The normalized spacial score (nSPS) is 36.8. The third kappa shape index (κ3) is 4.13. The van der Waals surface area contributed by atoms with Gasteiger partial charge in [0.1, 0.15) is 5.82 Å². The Hall–Kier alpha value is -1.20. The number of nitrogens with one attached hydrogen (secondary N) is 2. The van der Waals surface area contributed by atoms with Gasteiger partial charge in [0.05, 0.1) is 23.5 Å². The smallest absolute Gasteiger partial charge is 0.241 e. The molecule has 1 saturated heterocycles. The molecule has 7 nitrogen and oxygen atoms in total. The highest BCUT2D eigenvalue weighted by molar-refractivity contribution is 7.99. The summed E-state index contributed by atoms with van der Waals surface area (Å²) in [7, 11) is -3.76. The van der Waals surface area contributed by atoms with Gasteiger partial charge < -0.3 is 16.0 Å². The topological polar surface area (TPSA) is 105 Å². The van der Waals surface area contributed by atoms with E-state index in [1.807, 2.05) is 0 Å². The van der Waals surface area contributed by atoms with Crippen molar-refractivity contribution in [3.05, 3.63) is 30.1 Å². The minimum Gasteiger partial charge on any atom is -0.316 e. The van der Waals surface area contributed by atoms with E-state index in [1.54, 1.807) is 16.7 Å². The average Bonchev–Trinajstić information content (AvgIpc) is 3.10. The van der Waals surface area contributed by atoms with E-state index in [-0.39, 0.29) is 29.1 Å². The Balaban J connectivity index is 1.33. The Bertz CT molecular complexity index is 957. The predicted octanol–water partition coefficient (Wildman–Crippen LogP) is 1.60. The van der Waals surface area contributed by atoms with Crippen molar-refractivity contribution in [3.8, 4) is 0 Å². The van der Waals surface area contributed by atoms with Crippen LogP contribution in [0.2, 0.25) is 0 Å². The minimum absolute atomic E-state index is 0.00851. The SMILES string of the molecule is N[C@@H]1CSCN1C(=O)CNC12CC3CC(C1)CC(NS(=O)(=O)c1ccc(F)cc1)(C3)C2. The molecule has 4 saturated carbocycles. The summed E-state index contributed by atoms with van der Waals surface area (Å²) >= 11 is 1.66. The summed E-state index contributed by atoms with van der Waals surface area (Å²) in [5.41, 5.74) is 5.27. The number of hydrogen-bond donors (Lipinski definition) is 3. The number of thioether (sulfide) groups is 1. The molecule has 3 atom stereocenters. The van der Waals surface area contributed by atoms with E-state index in [4.69, 9.17) is 5.73 Å². The molecule has 6 rings (SSSR count). The van der Waals surface area contributed by atoms with Crippen LogP contribution in [0, 0.1) is 17.7 Å². The number of amides is 1. The zero-order chi connectivity index (χ0) is 21.9. The summed E-state index contributed by atoms with van der Waals surface area (Å²) in [6.07, 6.45) is 5.12. The van der Waals surface area contributed by atoms with Gasteiger partial charge >= 0.3 is 0 Å². The van der Waals surface area contributed by atoms with Crippen molar-refractivity contribution in [1.82, 2.24) is 14.9 Å². The molecule has 5 fully saturated rings. The summed E-state index contributed by atoms with van der Waals surface area (Å²) in [5, 5.41) is 3.54. The highest BCUT2D eigenvalue weighted by atomic mass is 32.2. The van der Waals surface area contributed by atoms with Crippen molar-refractivity contribution in [1.29, 1.82) is 0 Å². The largest absolute Gasteiger partial charge is 0.316 e. The fourth-order valence-electron chi connectivity index (χ4n) is 6.63. The zero-order valence-electron chi connectivity index (χ0n) is 17.3. The van der Waals surface area contributed by atoms with E-state index in [2.05, 4.69) is 10.0 Å². The Morgan fingerprint density at radius 1 is 1.16 bits per heavy atom. The van der Waals surface area contributed by atoms with Gasteiger partial charge in [-0.1, -0.05) is 0 Å². The monoisotopic (exact) mass is 468 g/mol. The van der Waals surface area contributed by atoms with Gasteiger partial charge in [0.2, 0.25) is 15.9 Å². The molecule has 170 valence electrons. The van der Waals surface area contributed by atoms with Crippen molar-refractivity contribution in [2.75, 3.05) is 18.2 Å². The van der Waals surface area contributed by atoms with Gasteiger partial charge in [-0.25, -0.2) is 17.5 Å². The molecule has 1 heterocycles. The Morgan fingerprint density at radius 3 is 2.42 bits per heavy atom. The molecule has 5 aliphatic rings. The van der Waals surface area contributed by atoms with Crippen LogP contribution in [0.15, 0.2) is 29.2 Å². The number of carbonyl (C=O) groups excluding carboxylic acids is 1. The van der Waals surface area contributed by atoms with Crippen LogP contribution < -0.4 is 15.8 Å². The van der Waals surface area contributed by atoms with E-state index in [0.717, 1.165) is 37.9 Å². The van der Waals surface area contributed by atoms with Gasteiger partial charge in [-0.2, -0.15) is 0 Å². The summed E-state index contributed by atoms with van der Waals surface area (Å²) in [5.74, 6) is 1.80.